The van der Waals surface area contributed by atoms with E-state index in [1.807, 2.05) is 0 Å². The van der Waals surface area contributed by atoms with E-state index < -0.39 is 16.8 Å². The summed E-state index contributed by atoms with van der Waals surface area (Å²) in [6.45, 7) is 0. The Hall–Kier alpha value is -1.79. The standard InChI is InChI=1S/C17H15BrO4S/c18-15-7-5-13(6-8-15)16(19)9-10-23(22)11-12-1-3-14(4-2-12)17(20)21/h1-8H,9-11H2,(H,20,21). The first-order chi connectivity index (χ1) is 11.0. The highest BCUT2D eigenvalue weighted by Gasteiger charge is 2.10. The second-order valence-corrected chi connectivity index (χ2v) is 7.46. The van der Waals surface area contributed by atoms with E-state index in [9.17, 15) is 13.8 Å². The molecule has 1 unspecified atom stereocenters. The molecule has 1 N–H and O–H groups in total. The van der Waals surface area contributed by atoms with Crippen molar-refractivity contribution in [2.75, 3.05) is 5.75 Å². The van der Waals surface area contributed by atoms with Crippen LogP contribution in [0, 0.1) is 0 Å². The van der Waals surface area contributed by atoms with Gasteiger partial charge in [0.2, 0.25) is 0 Å². The third kappa shape index (κ3) is 5.41. The second-order valence-electron chi connectivity index (χ2n) is 4.97. The molecule has 23 heavy (non-hydrogen) atoms. The quantitative estimate of drug-likeness (QED) is 0.727. The molecule has 0 heterocycles. The Morgan fingerprint density at radius 1 is 0.957 bits per heavy atom. The Morgan fingerprint density at radius 3 is 2.09 bits per heavy atom. The molecule has 2 rings (SSSR count). The number of rotatable bonds is 7. The fourth-order valence-corrected chi connectivity index (χ4v) is 3.37. The minimum Gasteiger partial charge on any atom is -0.478 e. The molecular weight excluding hydrogens is 380 g/mol. The van der Waals surface area contributed by atoms with Gasteiger partial charge in [-0.3, -0.25) is 9.00 Å². The van der Waals surface area contributed by atoms with Crippen molar-refractivity contribution in [2.24, 2.45) is 0 Å². The highest BCUT2D eigenvalue weighted by atomic mass is 79.9. The molecule has 0 radical (unpaired) electrons. The summed E-state index contributed by atoms with van der Waals surface area (Å²) < 4.78 is 13.0. The van der Waals surface area contributed by atoms with Crippen LogP contribution in [-0.2, 0) is 16.6 Å². The Labute approximate surface area is 145 Å². The zero-order valence-corrected chi connectivity index (χ0v) is 14.6. The third-order valence-electron chi connectivity index (χ3n) is 3.25. The average molecular weight is 395 g/mol. The maximum absolute atomic E-state index is 12.1. The number of aromatic carboxylic acids is 1. The molecule has 0 aliphatic rings. The van der Waals surface area contributed by atoms with Crippen LogP contribution in [0.5, 0.6) is 0 Å². The van der Waals surface area contributed by atoms with Gasteiger partial charge in [-0.15, -0.1) is 0 Å². The molecule has 0 spiro atoms. The molecule has 0 saturated carbocycles. The van der Waals surface area contributed by atoms with Gasteiger partial charge >= 0.3 is 5.97 Å². The Kier molecular flexibility index (Phi) is 6.24. The average Bonchev–Trinajstić information content (AvgIpc) is 2.54. The maximum Gasteiger partial charge on any atom is 0.335 e. The van der Waals surface area contributed by atoms with Crippen LogP contribution in [0.25, 0.3) is 0 Å². The molecule has 6 heteroatoms. The van der Waals surface area contributed by atoms with Gasteiger partial charge in [-0.05, 0) is 29.8 Å². The lowest BCUT2D eigenvalue weighted by Crippen LogP contribution is -2.08. The number of carboxylic acids is 1. The van der Waals surface area contributed by atoms with Crippen molar-refractivity contribution in [3.05, 3.63) is 69.7 Å². The topological polar surface area (TPSA) is 71.4 Å². The predicted molar refractivity (Wildman–Crippen MR) is 93.2 cm³/mol. The maximum atomic E-state index is 12.1. The van der Waals surface area contributed by atoms with Crippen molar-refractivity contribution in [3.8, 4) is 0 Å². The van der Waals surface area contributed by atoms with Crippen molar-refractivity contribution < 1.29 is 18.9 Å². The summed E-state index contributed by atoms with van der Waals surface area (Å²) in [4.78, 5) is 22.8. The number of carboxylic acid groups (broad SMARTS) is 1. The smallest absolute Gasteiger partial charge is 0.335 e. The van der Waals surface area contributed by atoms with Crippen LogP contribution in [0.2, 0.25) is 0 Å². The van der Waals surface area contributed by atoms with Crippen LogP contribution in [0.4, 0.5) is 0 Å². The molecule has 2 aromatic carbocycles. The molecular formula is C17H15BrO4S. The number of Topliss-reactive ketones (excluding diaryl/α,β-unsaturated/α-hetero) is 1. The number of halogens is 1. The van der Waals surface area contributed by atoms with Crippen molar-refractivity contribution in [1.29, 1.82) is 0 Å². The van der Waals surface area contributed by atoms with Crippen molar-refractivity contribution >= 4 is 38.5 Å². The number of benzene rings is 2. The van der Waals surface area contributed by atoms with Crippen LogP contribution in [-0.4, -0.2) is 26.8 Å². The van der Waals surface area contributed by atoms with Crippen LogP contribution < -0.4 is 0 Å². The lowest BCUT2D eigenvalue weighted by Gasteiger charge is -2.04. The monoisotopic (exact) mass is 394 g/mol. The van der Waals surface area contributed by atoms with E-state index in [0.29, 0.717) is 11.3 Å². The summed E-state index contributed by atoms with van der Waals surface area (Å²) in [5, 5.41) is 8.83. The summed E-state index contributed by atoms with van der Waals surface area (Å²) in [7, 11) is -1.16. The van der Waals surface area contributed by atoms with Gasteiger partial charge in [0.15, 0.2) is 5.78 Å². The molecule has 0 fully saturated rings. The van der Waals surface area contributed by atoms with Gasteiger partial charge in [0, 0.05) is 38.8 Å². The van der Waals surface area contributed by atoms with Crippen LogP contribution in [0.1, 0.15) is 32.7 Å². The van der Waals surface area contributed by atoms with Gasteiger partial charge in [0.05, 0.1) is 5.56 Å². The second kappa shape index (κ2) is 8.17. The lowest BCUT2D eigenvalue weighted by molar-refractivity contribution is 0.0696. The van der Waals surface area contributed by atoms with Crippen molar-refractivity contribution in [3.63, 3.8) is 0 Å². The molecule has 0 aliphatic heterocycles. The summed E-state index contributed by atoms with van der Waals surface area (Å²) in [5.74, 6) is -0.423. The minimum absolute atomic E-state index is 0.0351. The predicted octanol–water partition coefficient (Wildman–Crippen LogP) is 3.67. The third-order valence-corrected chi connectivity index (χ3v) is 5.09. The molecule has 2 aromatic rings. The highest BCUT2D eigenvalue weighted by molar-refractivity contribution is 9.10. The highest BCUT2D eigenvalue weighted by Crippen LogP contribution is 2.13. The Bertz CT molecular complexity index is 723. The first kappa shape index (κ1) is 17.6. The zero-order chi connectivity index (χ0) is 16.8. The fourth-order valence-electron chi connectivity index (χ4n) is 1.99. The number of carbonyl (C=O) groups is 2. The van der Waals surface area contributed by atoms with Crippen LogP contribution >= 0.6 is 15.9 Å². The Morgan fingerprint density at radius 2 is 1.52 bits per heavy atom. The summed E-state index contributed by atoms with van der Waals surface area (Å²) in [6, 6.07) is 13.3. The zero-order valence-electron chi connectivity index (χ0n) is 12.2. The molecule has 0 aliphatic carbocycles. The van der Waals surface area contributed by atoms with Gasteiger partial charge in [0.1, 0.15) is 0 Å². The summed E-state index contributed by atoms with van der Waals surface area (Å²) in [6.07, 6.45) is 0.224. The van der Waals surface area contributed by atoms with Gasteiger partial charge in [-0.25, -0.2) is 4.79 Å². The van der Waals surface area contributed by atoms with E-state index in [2.05, 4.69) is 15.9 Å². The van der Waals surface area contributed by atoms with E-state index in [1.54, 1.807) is 36.4 Å². The first-order valence-electron chi connectivity index (χ1n) is 6.91. The molecule has 0 bridgehead atoms. The molecule has 0 amide bonds. The lowest BCUT2D eigenvalue weighted by atomic mass is 10.1. The van der Waals surface area contributed by atoms with E-state index in [-0.39, 0.29) is 23.5 Å². The number of hydrogen-bond acceptors (Lipinski definition) is 3. The molecule has 120 valence electrons. The Balaban J connectivity index is 1.86. The van der Waals surface area contributed by atoms with E-state index in [0.717, 1.165) is 10.0 Å². The van der Waals surface area contributed by atoms with Crippen LogP contribution in [0.15, 0.2) is 53.0 Å². The molecule has 0 saturated heterocycles. The minimum atomic E-state index is -1.16. The molecule has 4 nitrogen and oxygen atoms in total. The van der Waals surface area contributed by atoms with Gasteiger partial charge in [-0.2, -0.15) is 0 Å². The van der Waals surface area contributed by atoms with E-state index in [1.165, 1.54) is 12.1 Å². The van der Waals surface area contributed by atoms with Gasteiger partial charge in [0.25, 0.3) is 0 Å². The number of hydrogen-bond donors (Lipinski definition) is 1. The normalized spacial score (nSPS) is 11.9. The number of carbonyl (C=O) groups excluding carboxylic acids is 1. The molecule has 0 aromatic heterocycles. The summed E-state index contributed by atoms with van der Waals surface area (Å²) >= 11 is 3.31. The van der Waals surface area contributed by atoms with Gasteiger partial charge < -0.3 is 5.11 Å². The molecule has 1 atom stereocenters. The summed E-state index contributed by atoms with van der Waals surface area (Å²) in [5.41, 5.74) is 1.60. The number of ketones is 1. The fraction of sp³-hybridized carbons (Fsp3) is 0.176. The van der Waals surface area contributed by atoms with Gasteiger partial charge in [-0.1, -0.05) is 40.2 Å². The first-order valence-corrected chi connectivity index (χ1v) is 9.20. The van der Waals surface area contributed by atoms with E-state index in [4.69, 9.17) is 5.11 Å². The van der Waals surface area contributed by atoms with Crippen molar-refractivity contribution in [2.45, 2.75) is 12.2 Å². The SMILES string of the molecule is O=C(O)c1ccc(CS(=O)CCC(=O)c2ccc(Br)cc2)cc1. The van der Waals surface area contributed by atoms with E-state index >= 15 is 0 Å². The van der Waals surface area contributed by atoms with Crippen LogP contribution in [0.3, 0.4) is 0 Å². The largest absolute Gasteiger partial charge is 0.478 e. The van der Waals surface area contributed by atoms with Crippen molar-refractivity contribution in [1.82, 2.24) is 0 Å².